The molecule has 0 radical (unpaired) electrons. The number of aromatic amines is 2. The number of aryl methyl sites for hydroxylation is 1. The van der Waals surface area contributed by atoms with Crippen LogP contribution in [0, 0.1) is 13.8 Å². The molecule has 0 amide bonds. The molecular formula is C19H26N4O3. The molecule has 2 aromatic heterocycles. The molecule has 2 aromatic rings. The molecule has 26 heavy (non-hydrogen) atoms. The molecule has 0 aliphatic carbocycles. The number of fused-ring (bicyclic) bond motifs is 1. The van der Waals surface area contributed by atoms with Crippen LogP contribution in [0.25, 0.3) is 0 Å². The zero-order chi connectivity index (χ0) is 19.2. The van der Waals surface area contributed by atoms with E-state index >= 15 is 0 Å². The van der Waals surface area contributed by atoms with Gasteiger partial charge in [-0.1, -0.05) is 20.8 Å². The first-order chi connectivity index (χ1) is 12.1. The van der Waals surface area contributed by atoms with Crippen molar-refractivity contribution in [1.29, 1.82) is 0 Å². The predicted octanol–water partition coefficient (Wildman–Crippen LogP) is 2.27. The minimum Gasteiger partial charge on any atom is -0.478 e. The molecule has 0 atom stereocenters. The van der Waals surface area contributed by atoms with Crippen LogP contribution in [0.1, 0.15) is 65.2 Å². The van der Waals surface area contributed by atoms with Gasteiger partial charge in [0, 0.05) is 42.9 Å². The Morgan fingerprint density at radius 3 is 2.54 bits per heavy atom. The van der Waals surface area contributed by atoms with Gasteiger partial charge in [0.25, 0.3) is 5.56 Å². The Hall–Kier alpha value is -2.41. The minimum atomic E-state index is -0.915. The highest BCUT2D eigenvalue weighted by atomic mass is 16.4. The van der Waals surface area contributed by atoms with E-state index in [0.29, 0.717) is 36.3 Å². The monoisotopic (exact) mass is 358 g/mol. The summed E-state index contributed by atoms with van der Waals surface area (Å²) >= 11 is 0. The minimum absolute atomic E-state index is 0.0739. The molecule has 3 rings (SSSR count). The first-order valence-corrected chi connectivity index (χ1v) is 8.84. The molecule has 0 fully saturated rings. The van der Waals surface area contributed by atoms with Gasteiger partial charge in [0.2, 0.25) is 0 Å². The summed E-state index contributed by atoms with van der Waals surface area (Å²) in [5, 5.41) is 9.34. The van der Waals surface area contributed by atoms with Crippen molar-refractivity contribution < 1.29 is 9.90 Å². The Morgan fingerprint density at radius 2 is 1.96 bits per heavy atom. The van der Waals surface area contributed by atoms with Crippen molar-refractivity contribution in [3.05, 3.63) is 50.0 Å². The van der Waals surface area contributed by atoms with E-state index in [1.54, 1.807) is 6.92 Å². The van der Waals surface area contributed by atoms with E-state index < -0.39 is 5.97 Å². The third kappa shape index (κ3) is 3.31. The molecule has 0 saturated heterocycles. The lowest BCUT2D eigenvalue weighted by atomic mass is 9.95. The fourth-order valence-electron chi connectivity index (χ4n) is 3.49. The third-order valence-corrected chi connectivity index (χ3v) is 4.99. The molecule has 7 heteroatoms. The number of hydrogen-bond donors (Lipinski definition) is 3. The molecule has 0 spiro atoms. The Kier molecular flexibility index (Phi) is 4.52. The zero-order valence-corrected chi connectivity index (χ0v) is 16.0. The van der Waals surface area contributed by atoms with Gasteiger partial charge in [-0.2, -0.15) is 0 Å². The first kappa shape index (κ1) is 18.4. The Labute approximate surface area is 152 Å². The number of carboxylic acids is 1. The third-order valence-electron chi connectivity index (χ3n) is 4.99. The average Bonchev–Trinajstić information content (AvgIpc) is 2.80. The summed E-state index contributed by atoms with van der Waals surface area (Å²) < 4.78 is 0. The molecule has 140 valence electrons. The lowest BCUT2D eigenvalue weighted by molar-refractivity contribution is 0.0695. The van der Waals surface area contributed by atoms with Gasteiger partial charge in [-0.05, 0) is 19.4 Å². The second kappa shape index (κ2) is 6.39. The molecule has 1 aliphatic heterocycles. The molecule has 1 aliphatic rings. The average molecular weight is 358 g/mol. The van der Waals surface area contributed by atoms with Crippen molar-refractivity contribution in [3.63, 3.8) is 0 Å². The number of rotatable bonds is 3. The summed E-state index contributed by atoms with van der Waals surface area (Å²) in [4.78, 5) is 36.9. The van der Waals surface area contributed by atoms with Gasteiger partial charge in [0.05, 0.1) is 16.8 Å². The van der Waals surface area contributed by atoms with Crippen LogP contribution < -0.4 is 5.56 Å². The molecule has 7 nitrogen and oxygen atoms in total. The topological polar surface area (TPSA) is 102 Å². The number of aromatic nitrogens is 3. The van der Waals surface area contributed by atoms with Gasteiger partial charge >= 0.3 is 5.97 Å². The second-order valence-corrected chi connectivity index (χ2v) is 8.08. The van der Waals surface area contributed by atoms with E-state index in [-0.39, 0.29) is 11.0 Å². The number of nitrogens with zero attached hydrogens (tertiary/aromatic N) is 2. The molecule has 0 bridgehead atoms. The largest absolute Gasteiger partial charge is 0.478 e. The van der Waals surface area contributed by atoms with Gasteiger partial charge in [-0.3, -0.25) is 9.69 Å². The molecule has 0 aromatic carbocycles. The maximum absolute atomic E-state index is 12.5. The van der Waals surface area contributed by atoms with Crippen molar-refractivity contribution >= 4 is 5.97 Å². The maximum atomic E-state index is 12.5. The normalized spacial score (nSPS) is 15.1. The van der Waals surface area contributed by atoms with Crippen LogP contribution in [0.3, 0.4) is 0 Å². The predicted molar refractivity (Wildman–Crippen MR) is 98.6 cm³/mol. The summed E-state index contributed by atoms with van der Waals surface area (Å²) in [6, 6.07) is 0. The van der Waals surface area contributed by atoms with Crippen LogP contribution in [0.4, 0.5) is 0 Å². The summed E-state index contributed by atoms with van der Waals surface area (Å²) in [6.07, 6.45) is 0.715. The van der Waals surface area contributed by atoms with Gasteiger partial charge in [-0.15, -0.1) is 0 Å². The number of aromatic carboxylic acids is 1. The van der Waals surface area contributed by atoms with E-state index in [1.807, 2.05) is 27.7 Å². The molecule has 3 N–H and O–H groups in total. The molecule has 0 saturated carbocycles. The summed E-state index contributed by atoms with van der Waals surface area (Å²) in [5.41, 5.74) is 3.97. The number of carbonyl (C=O) groups is 1. The summed E-state index contributed by atoms with van der Waals surface area (Å²) in [6.45, 7) is 11.6. The number of carboxylic acid groups (broad SMARTS) is 1. The molecule has 3 heterocycles. The highest BCUT2D eigenvalue weighted by Gasteiger charge is 2.26. The van der Waals surface area contributed by atoms with Crippen LogP contribution >= 0.6 is 0 Å². The van der Waals surface area contributed by atoms with E-state index in [2.05, 4.69) is 19.9 Å². The lowest BCUT2D eigenvalue weighted by Gasteiger charge is -2.28. The number of nitrogens with one attached hydrogen (secondary N) is 2. The van der Waals surface area contributed by atoms with Crippen molar-refractivity contribution in [1.82, 2.24) is 19.9 Å². The zero-order valence-electron chi connectivity index (χ0n) is 16.0. The van der Waals surface area contributed by atoms with Crippen LogP contribution in [-0.2, 0) is 24.9 Å². The summed E-state index contributed by atoms with van der Waals surface area (Å²) in [7, 11) is 0. The smallest absolute Gasteiger partial charge is 0.337 e. The molecular weight excluding hydrogens is 332 g/mol. The molecule has 0 unspecified atom stereocenters. The van der Waals surface area contributed by atoms with Crippen LogP contribution in [-0.4, -0.2) is 37.5 Å². The van der Waals surface area contributed by atoms with Crippen molar-refractivity contribution in [2.75, 3.05) is 6.54 Å². The fourth-order valence-corrected chi connectivity index (χ4v) is 3.49. The van der Waals surface area contributed by atoms with Gasteiger partial charge in [0.1, 0.15) is 5.82 Å². The van der Waals surface area contributed by atoms with E-state index in [4.69, 9.17) is 0 Å². The van der Waals surface area contributed by atoms with Gasteiger partial charge in [0.15, 0.2) is 0 Å². The number of hydrogen-bond acceptors (Lipinski definition) is 4. The highest BCUT2D eigenvalue weighted by Crippen LogP contribution is 2.23. The Balaban J connectivity index is 1.85. The van der Waals surface area contributed by atoms with E-state index in [9.17, 15) is 14.7 Å². The van der Waals surface area contributed by atoms with Crippen LogP contribution in [0.2, 0.25) is 0 Å². The standard InChI is InChI=1S/C19H26N4O3/c1-10-14(20-11(2)15(10)17(25)26)9-23-7-6-13-12(8-23)16(24)22-18(21-13)19(3,4)5/h20H,6-9H2,1-5H3,(H,25,26)(H,21,22,24). The SMILES string of the molecule is Cc1[nH]c(CN2CCc3nc(C(C)(C)C)[nH]c(=O)c3C2)c(C)c1C(=O)O. The van der Waals surface area contributed by atoms with E-state index in [1.165, 1.54) is 0 Å². The van der Waals surface area contributed by atoms with Crippen molar-refractivity contribution in [3.8, 4) is 0 Å². The first-order valence-electron chi connectivity index (χ1n) is 8.84. The van der Waals surface area contributed by atoms with Crippen molar-refractivity contribution in [2.24, 2.45) is 0 Å². The van der Waals surface area contributed by atoms with Gasteiger partial charge in [-0.25, -0.2) is 9.78 Å². The maximum Gasteiger partial charge on any atom is 0.337 e. The van der Waals surface area contributed by atoms with Crippen molar-refractivity contribution in [2.45, 2.75) is 59.5 Å². The lowest BCUT2D eigenvalue weighted by Crippen LogP contribution is -2.37. The van der Waals surface area contributed by atoms with Crippen LogP contribution in [0.15, 0.2) is 4.79 Å². The highest BCUT2D eigenvalue weighted by molar-refractivity contribution is 5.91. The quantitative estimate of drug-likeness (QED) is 0.781. The Bertz CT molecular complexity index is 918. The van der Waals surface area contributed by atoms with E-state index in [0.717, 1.165) is 29.3 Å². The van der Waals surface area contributed by atoms with Gasteiger partial charge < -0.3 is 15.1 Å². The number of H-pyrrole nitrogens is 2. The van der Waals surface area contributed by atoms with Crippen LogP contribution in [0.5, 0.6) is 0 Å². The Morgan fingerprint density at radius 1 is 1.27 bits per heavy atom. The fraction of sp³-hybridized carbons (Fsp3) is 0.526. The second-order valence-electron chi connectivity index (χ2n) is 8.08. The summed E-state index contributed by atoms with van der Waals surface area (Å²) in [5.74, 6) is -0.196.